The van der Waals surface area contributed by atoms with Crippen molar-refractivity contribution in [2.75, 3.05) is 11.9 Å². The molecule has 0 aliphatic heterocycles. The zero-order chi connectivity index (χ0) is 23.5. The van der Waals surface area contributed by atoms with E-state index in [1.807, 2.05) is 44.2 Å². The number of rotatable bonds is 7. The predicted octanol–water partition coefficient (Wildman–Crippen LogP) is 5.76. The van der Waals surface area contributed by atoms with Crippen LogP contribution in [0.2, 0.25) is 5.02 Å². The van der Waals surface area contributed by atoms with Crippen molar-refractivity contribution in [1.29, 1.82) is 0 Å². The van der Waals surface area contributed by atoms with Gasteiger partial charge in [0.05, 0.1) is 23.2 Å². The summed E-state index contributed by atoms with van der Waals surface area (Å²) in [6, 6.07) is 13.0. The monoisotopic (exact) mass is 481 g/mol. The van der Waals surface area contributed by atoms with Crippen molar-refractivity contribution >= 4 is 44.7 Å². The Morgan fingerprint density at radius 1 is 1.15 bits per heavy atom. The molecule has 0 atom stereocenters. The molecular formula is C25H24ClN3O3S. The van der Waals surface area contributed by atoms with Crippen LogP contribution in [0.1, 0.15) is 32.8 Å². The zero-order valence-electron chi connectivity index (χ0n) is 18.6. The lowest BCUT2D eigenvalue weighted by Crippen LogP contribution is -2.21. The summed E-state index contributed by atoms with van der Waals surface area (Å²) in [4.78, 5) is 31.5. The highest BCUT2D eigenvalue weighted by molar-refractivity contribution is 7.20. The number of ether oxygens (including phenoxy) is 1. The normalized spacial score (nSPS) is 11.0. The molecule has 33 heavy (non-hydrogen) atoms. The number of hydrogen-bond acceptors (Lipinski definition) is 5. The maximum absolute atomic E-state index is 13.1. The first kappa shape index (κ1) is 23.0. The van der Waals surface area contributed by atoms with E-state index in [9.17, 15) is 9.59 Å². The molecule has 0 radical (unpaired) electrons. The summed E-state index contributed by atoms with van der Waals surface area (Å²) in [7, 11) is 0. The Hall–Kier alpha value is -3.16. The van der Waals surface area contributed by atoms with Gasteiger partial charge in [0.25, 0.3) is 11.5 Å². The first-order chi connectivity index (χ1) is 15.8. The van der Waals surface area contributed by atoms with Crippen molar-refractivity contribution in [2.24, 2.45) is 0 Å². The maximum Gasteiger partial charge on any atom is 0.266 e. The highest BCUT2D eigenvalue weighted by atomic mass is 35.5. The highest BCUT2D eigenvalue weighted by Gasteiger charge is 2.20. The van der Waals surface area contributed by atoms with Crippen molar-refractivity contribution in [3.8, 4) is 5.75 Å². The van der Waals surface area contributed by atoms with E-state index in [2.05, 4.69) is 10.3 Å². The summed E-state index contributed by atoms with van der Waals surface area (Å²) >= 11 is 7.12. The standard InChI is InChI=1S/C25H24ClN3O3S/c1-15-5-10-20(16(2)13-15)28-23(30)22-17(3)21-24(33-22)27-14-29(25(21)31)11-4-12-32-19-8-6-18(26)7-9-19/h5-10,13-14H,4,11-12H2,1-3H3,(H,28,30). The third kappa shape index (κ3) is 5.10. The summed E-state index contributed by atoms with van der Waals surface area (Å²) in [5.74, 6) is 0.498. The van der Waals surface area contributed by atoms with E-state index in [4.69, 9.17) is 16.3 Å². The van der Waals surface area contributed by atoms with Crippen LogP contribution in [-0.2, 0) is 6.54 Å². The summed E-state index contributed by atoms with van der Waals surface area (Å²) in [5.41, 5.74) is 3.39. The van der Waals surface area contributed by atoms with Gasteiger partial charge in [-0.25, -0.2) is 4.98 Å². The molecule has 8 heteroatoms. The molecule has 1 amide bonds. The molecule has 2 heterocycles. The first-order valence-electron chi connectivity index (χ1n) is 10.6. The number of anilines is 1. The fourth-order valence-electron chi connectivity index (χ4n) is 3.62. The molecule has 4 aromatic rings. The van der Waals surface area contributed by atoms with Crippen LogP contribution in [-0.4, -0.2) is 22.1 Å². The third-order valence-electron chi connectivity index (χ3n) is 5.38. The number of aryl methyl sites for hydroxylation is 4. The minimum absolute atomic E-state index is 0.147. The minimum atomic E-state index is -0.232. The number of amides is 1. The largest absolute Gasteiger partial charge is 0.494 e. The lowest BCUT2D eigenvalue weighted by atomic mass is 10.1. The van der Waals surface area contributed by atoms with Crippen molar-refractivity contribution in [3.05, 3.63) is 85.7 Å². The van der Waals surface area contributed by atoms with Gasteiger partial charge in [0.2, 0.25) is 0 Å². The Bertz CT molecular complexity index is 1380. The molecule has 0 saturated heterocycles. The lowest BCUT2D eigenvalue weighted by Gasteiger charge is -2.09. The van der Waals surface area contributed by atoms with Gasteiger partial charge in [-0.05, 0) is 68.7 Å². The lowest BCUT2D eigenvalue weighted by molar-refractivity contribution is 0.103. The fraction of sp³-hybridized carbons (Fsp3) is 0.240. The van der Waals surface area contributed by atoms with Gasteiger partial charge in [0.1, 0.15) is 10.6 Å². The zero-order valence-corrected chi connectivity index (χ0v) is 20.2. The summed E-state index contributed by atoms with van der Waals surface area (Å²) in [5, 5.41) is 4.11. The van der Waals surface area contributed by atoms with E-state index in [1.165, 1.54) is 17.7 Å². The van der Waals surface area contributed by atoms with Gasteiger partial charge in [0.15, 0.2) is 0 Å². The second-order valence-corrected chi connectivity index (χ2v) is 9.34. The van der Waals surface area contributed by atoms with E-state index in [0.717, 1.165) is 22.6 Å². The number of benzene rings is 2. The Balaban J connectivity index is 1.48. The Morgan fingerprint density at radius 2 is 1.91 bits per heavy atom. The molecule has 4 rings (SSSR count). The minimum Gasteiger partial charge on any atom is -0.494 e. The Labute approximate surface area is 200 Å². The van der Waals surface area contributed by atoms with Crippen LogP contribution in [0.3, 0.4) is 0 Å². The van der Waals surface area contributed by atoms with E-state index >= 15 is 0 Å². The van der Waals surface area contributed by atoms with Gasteiger partial charge in [-0.2, -0.15) is 0 Å². The van der Waals surface area contributed by atoms with Crippen molar-refractivity contribution < 1.29 is 9.53 Å². The number of thiophene rings is 1. The van der Waals surface area contributed by atoms with E-state index in [1.54, 1.807) is 23.6 Å². The smallest absolute Gasteiger partial charge is 0.266 e. The van der Waals surface area contributed by atoms with Crippen LogP contribution < -0.4 is 15.6 Å². The number of aromatic nitrogens is 2. The number of carbonyl (C=O) groups excluding carboxylic acids is 1. The first-order valence-corrected chi connectivity index (χ1v) is 11.8. The summed E-state index contributed by atoms with van der Waals surface area (Å²) in [6.07, 6.45) is 2.17. The molecule has 2 aromatic heterocycles. The topological polar surface area (TPSA) is 73.2 Å². The van der Waals surface area contributed by atoms with Gasteiger partial charge in [-0.3, -0.25) is 14.2 Å². The van der Waals surface area contributed by atoms with Crippen LogP contribution in [0.4, 0.5) is 5.69 Å². The van der Waals surface area contributed by atoms with Crippen LogP contribution >= 0.6 is 22.9 Å². The average molecular weight is 482 g/mol. The molecular weight excluding hydrogens is 458 g/mol. The van der Waals surface area contributed by atoms with Crippen LogP contribution in [0.15, 0.2) is 53.6 Å². The average Bonchev–Trinajstić information content (AvgIpc) is 3.13. The third-order valence-corrected chi connectivity index (χ3v) is 6.83. The molecule has 0 unspecified atom stereocenters. The molecule has 6 nitrogen and oxygen atoms in total. The van der Waals surface area contributed by atoms with E-state index in [0.29, 0.717) is 45.3 Å². The van der Waals surface area contributed by atoms with Gasteiger partial charge < -0.3 is 10.1 Å². The van der Waals surface area contributed by atoms with Gasteiger partial charge in [-0.15, -0.1) is 11.3 Å². The number of nitrogens with zero attached hydrogens (tertiary/aromatic N) is 2. The Morgan fingerprint density at radius 3 is 2.64 bits per heavy atom. The molecule has 0 fully saturated rings. The van der Waals surface area contributed by atoms with Crippen molar-refractivity contribution in [1.82, 2.24) is 9.55 Å². The molecule has 0 saturated carbocycles. The predicted molar refractivity (Wildman–Crippen MR) is 134 cm³/mol. The van der Waals surface area contributed by atoms with Gasteiger partial charge >= 0.3 is 0 Å². The number of halogens is 1. The molecule has 0 aliphatic rings. The fourth-order valence-corrected chi connectivity index (χ4v) is 4.78. The van der Waals surface area contributed by atoms with Crippen molar-refractivity contribution in [2.45, 2.75) is 33.7 Å². The molecule has 0 spiro atoms. The van der Waals surface area contributed by atoms with Gasteiger partial charge in [-0.1, -0.05) is 29.3 Å². The van der Waals surface area contributed by atoms with Crippen LogP contribution in [0.5, 0.6) is 5.75 Å². The number of carbonyl (C=O) groups is 1. The maximum atomic E-state index is 13.1. The molecule has 0 bridgehead atoms. The molecule has 170 valence electrons. The van der Waals surface area contributed by atoms with Crippen molar-refractivity contribution in [3.63, 3.8) is 0 Å². The van der Waals surface area contributed by atoms with E-state index in [-0.39, 0.29) is 11.5 Å². The quantitative estimate of drug-likeness (QED) is 0.341. The SMILES string of the molecule is Cc1ccc(NC(=O)c2sc3ncn(CCCOc4ccc(Cl)cc4)c(=O)c3c2C)c(C)c1. The molecule has 1 N–H and O–H groups in total. The molecule has 0 aliphatic carbocycles. The number of hydrogen-bond donors (Lipinski definition) is 1. The summed E-state index contributed by atoms with van der Waals surface area (Å²) < 4.78 is 7.27. The number of fused-ring (bicyclic) bond motifs is 1. The highest BCUT2D eigenvalue weighted by Crippen LogP contribution is 2.28. The van der Waals surface area contributed by atoms with Crippen LogP contribution in [0.25, 0.3) is 10.2 Å². The van der Waals surface area contributed by atoms with E-state index < -0.39 is 0 Å². The second-order valence-electron chi connectivity index (χ2n) is 7.91. The number of nitrogens with one attached hydrogen (secondary N) is 1. The van der Waals surface area contributed by atoms with Crippen LogP contribution in [0, 0.1) is 20.8 Å². The Kier molecular flexibility index (Phi) is 6.81. The molecule has 2 aromatic carbocycles. The summed E-state index contributed by atoms with van der Waals surface area (Å²) in [6.45, 7) is 6.69. The van der Waals surface area contributed by atoms with Gasteiger partial charge in [0, 0.05) is 17.3 Å². The second kappa shape index (κ2) is 9.77.